The Kier molecular flexibility index (Phi) is 7.45. The highest BCUT2D eigenvalue weighted by molar-refractivity contribution is 5.99. The van der Waals surface area contributed by atoms with Crippen LogP contribution in [-0.4, -0.2) is 43.1 Å². The molecule has 1 aliphatic heterocycles. The fourth-order valence-electron chi connectivity index (χ4n) is 5.39. The first-order chi connectivity index (χ1) is 19.6. The quantitative estimate of drug-likeness (QED) is 0.295. The van der Waals surface area contributed by atoms with Gasteiger partial charge >= 0.3 is 0 Å². The summed E-state index contributed by atoms with van der Waals surface area (Å²) in [5, 5.41) is 0. The highest BCUT2D eigenvalue weighted by Crippen LogP contribution is 2.37. The van der Waals surface area contributed by atoms with Gasteiger partial charge in [0, 0.05) is 56.1 Å². The maximum atomic E-state index is 14.9. The smallest absolute Gasteiger partial charge is 0.286 e. The zero-order valence-corrected chi connectivity index (χ0v) is 23.7. The topological polar surface area (TPSA) is 86.6 Å². The summed E-state index contributed by atoms with van der Waals surface area (Å²) in [7, 11) is 1.52. The highest BCUT2D eigenvalue weighted by atomic mass is 19.1. The fourth-order valence-corrected chi connectivity index (χ4v) is 5.39. The van der Waals surface area contributed by atoms with Crippen molar-refractivity contribution in [1.82, 2.24) is 24.0 Å². The second kappa shape index (κ2) is 11.0. The molecule has 1 atom stereocenters. The van der Waals surface area contributed by atoms with Crippen LogP contribution in [0.2, 0.25) is 0 Å². The van der Waals surface area contributed by atoms with Gasteiger partial charge in [0.15, 0.2) is 5.82 Å². The number of benzene rings is 1. The maximum Gasteiger partial charge on any atom is 0.286 e. The van der Waals surface area contributed by atoms with Gasteiger partial charge in [-0.2, -0.15) is 0 Å². The molecule has 1 aromatic carbocycles. The first kappa shape index (κ1) is 27.8. The Morgan fingerprint density at radius 1 is 1.15 bits per heavy atom. The molecule has 0 fully saturated rings. The number of nitrogens with zero attached hydrogens (tertiary/aromatic N) is 6. The maximum absolute atomic E-state index is 14.9. The Balaban J connectivity index is 1.62. The molecule has 4 heterocycles. The predicted octanol–water partition coefficient (Wildman–Crippen LogP) is 5.16. The predicted molar refractivity (Wildman–Crippen MR) is 153 cm³/mol. The minimum absolute atomic E-state index is 0.166. The normalized spacial score (nSPS) is 13.6. The summed E-state index contributed by atoms with van der Waals surface area (Å²) in [6, 6.07) is 5.23. The molecule has 9 nitrogen and oxygen atoms in total. The first-order valence-electron chi connectivity index (χ1n) is 13.4. The molecular weight excluding hydrogens is 523 g/mol. The number of fused-ring (bicyclic) bond motifs is 1. The van der Waals surface area contributed by atoms with E-state index in [1.165, 1.54) is 17.8 Å². The summed E-state index contributed by atoms with van der Waals surface area (Å²) >= 11 is 0. The Morgan fingerprint density at radius 3 is 2.59 bits per heavy atom. The van der Waals surface area contributed by atoms with Crippen LogP contribution in [0.25, 0.3) is 16.0 Å². The van der Waals surface area contributed by atoms with Gasteiger partial charge in [0.25, 0.3) is 11.5 Å². The van der Waals surface area contributed by atoms with Crippen molar-refractivity contribution in [2.75, 3.05) is 13.2 Å². The Morgan fingerprint density at radius 2 is 1.90 bits per heavy atom. The van der Waals surface area contributed by atoms with Gasteiger partial charge in [-0.1, -0.05) is 0 Å². The number of carbonyl (C=O) groups excluding carboxylic acids is 1. The number of amides is 1. The lowest BCUT2D eigenvalue weighted by Crippen LogP contribution is -2.40. The van der Waals surface area contributed by atoms with Gasteiger partial charge in [-0.15, -0.1) is 0 Å². The van der Waals surface area contributed by atoms with Crippen molar-refractivity contribution in [3.05, 3.63) is 104 Å². The molecule has 0 saturated heterocycles. The van der Waals surface area contributed by atoms with E-state index < -0.39 is 11.4 Å². The van der Waals surface area contributed by atoms with Crippen molar-refractivity contribution < 1.29 is 13.9 Å². The number of aromatic nitrogens is 4. The second-order valence-corrected chi connectivity index (χ2v) is 10.2. The first-order valence-corrected chi connectivity index (χ1v) is 13.4. The van der Waals surface area contributed by atoms with Gasteiger partial charge in [-0.3, -0.25) is 14.6 Å². The van der Waals surface area contributed by atoms with Crippen molar-refractivity contribution in [3.8, 4) is 16.9 Å². The zero-order chi connectivity index (χ0) is 29.4. The van der Waals surface area contributed by atoms with Crippen molar-refractivity contribution in [3.63, 3.8) is 0 Å². The van der Waals surface area contributed by atoms with Crippen molar-refractivity contribution in [2.45, 2.75) is 46.7 Å². The Hall–Kier alpha value is -4.78. The molecule has 5 rings (SSSR count). The van der Waals surface area contributed by atoms with Crippen LogP contribution in [0.3, 0.4) is 0 Å². The standard InChI is InChI=1S/C31H31FN6O3/c1-7-41-28-14-26(35-15-27(28)33-5)19(3)38-10-8-22-23(25-17-36(6)31(40)29(32)18(25)2)12-21(13-24(22)30(38)39)16-37-11-9-34-20(37)4/h9,11-15,17,19H,7-8,10,16H2,1-4,6H3/t19-/m0/s1. The molecule has 0 bridgehead atoms. The number of halogens is 1. The molecule has 0 aliphatic carbocycles. The molecule has 41 heavy (non-hydrogen) atoms. The lowest BCUT2D eigenvalue weighted by molar-refractivity contribution is 0.0669. The number of aryl methyl sites for hydroxylation is 2. The summed E-state index contributed by atoms with van der Waals surface area (Å²) < 4.78 is 23.8. The number of pyridine rings is 2. The minimum atomic E-state index is -0.800. The molecule has 3 aromatic heterocycles. The fraction of sp³-hybridized carbons (Fsp3) is 0.323. The lowest BCUT2D eigenvalue weighted by atomic mass is 9.86. The second-order valence-electron chi connectivity index (χ2n) is 10.2. The number of carbonyl (C=O) groups is 1. The SMILES string of the molecule is [C-]#[N+]c1cnc([C@H](C)N2CCc3c(cc(Cn4ccnc4C)cc3-c3cn(C)c(=O)c(F)c3C)C2=O)cc1OCC. The van der Waals surface area contributed by atoms with Crippen LogP contribution < -0.4 is 10.3 Å². The van der Waals surface area contributed by atoms with Gasteiger partial charge in [0.2, 0.25) is 5.69 Å². The summed E-state index contributed by atoms with van der Waals surface area (Å²) in [4.78, 5) is 40.4. The van der Waals surface area contributed by atoms with Crippen LogP contribution in [0, 0.1) is 26.2 Å². The molecule has 1 aliphatic rings. The Bertz CT molecular complexity index is 1770. The number of hydrogen-bond acceptors (Lipinski definition) is 5. The monoisotopic (exact) mass is 554 g/mol. The summed E-state index contributed by atoms with van der Waals surface area (Å²) in [5.41, 5.74) is 4.03. The van der Waals surface area contributed by atoms with E-state index in [4.69, 9.17) is 11.3 Å². The molecule has 1 amide bonds. The number of rotatable bonds is 7. The van der Waals surface area contributed by atoms with Gasteiger partial charge in [-0.25, -0.2) is 14.2 Å². The number of ether oxygens (including phenoxy) is 1. The third-order valence-electron chi connectivity index (χ3n) is 7.72. The van der Waals surface area contributed by atoms with Crippen LogP contribution in [-0.2, 0) is 20.0 Å². The average Bonchev–Trinajstić information content (AvgIpc) is 3.37. The van der Waals surface area contributed by atoms with Crippen LogP contribution >= 0.6 is 0 Å². The van der Waals surface area contributed by atoms with E-state index in [0.717, 1.165) is 22.5 Å². The minimum Gasteiger partial charge on any atom is -0.505 e. The van der Waals surface area contributed by atoms with E-state index in [1.807, 2.05) is 43.7 Å². The number of hydrogen-bond donors (Lipinski definition) is 0. The molecule has 0 saturated carbocycles. The van der Waals surface area contributed by atoms with Crippen LogP contribution in [0.1, 0.15) is 58.5 Å². The molecule has 0 N–H and O–H groups in total. The van der Waals surface area contributed by atoms with E-state index in [-0.39, 0.29) is 17.5 Å². The van der Waals surface area contributed by atoms with Gasteiger partial charge < -0.3 is 18.8 Å². The van der Waals surface area contributed by atoms with E-state index in [9.17, 15) is 14.0 Å². The zero-order valence-electron chi connectivity index (χ0n) is 23.7. The summed E-state index contributed by atoms with van der Waals surface area (Å²) in [6.45, 7) is 15.9. The van der Waals surface area contributed by atoms with Crippen molar-refractivity contribution in [2.24, 2.45) is 7.05 Å². The summed E-state index contributed by atoms with van der Waals surface area (Å²) in [6.07, 6.45) is 7.25. The Labute approximate surface area is 237 Å². The average molecular weight is 555 g/mol. The lowest BCUT2D eigenvalue weighted by Gasteiger charge is -2.35. The van der Waals surface area contributed by atoms with Gasteiger partial charge in [-0.05, 0) is 74.6 Å². The van der Waals surface area contributed by atoms with Crippen LogP contribution in [0.15, 0.2) is 47.8 Å². The third-order valence-corrected chi connectivity index (χ3v) is 7.72. The van der Waals surface area contributed by atoms with Crippen LogP contribution in [0.4, 0.5) is 10.1 Å². The van der Waals surface area contributed by atoms with Gasteiger partial charge in [0.1, 0.15) is 11.6 Å². The van der Waals surface area contributed by atoms with Crippen molar-refractivity contribution >= 4 is 11.6 Å². The third kappa shape index (κ3) is 4.99. The van der Waals surface area contributed by atoms with Crippen molar-refractivity contribution in [1.29, 1.82) is 0 Å². The van der Waals surface area contributed by atoms with E-state index in [1.54, 1.807) is 30.3 Å². The summed E-state index contributed by atoms with van der Waals surface area (Å²) in [5.74, 6) is 0.304. The molecule has 0 spiro atoms. The molecular formula is C31H31FN6O3. The van der Waals surface area contributed by atoms with E-state index in [2.05, 4.69) is 14.8 Å². The molecule has 4 aromatic rings. The molecule has 10 heteroatoms. The van der Waals surface area contributed by atoms with E-state index >= 15 is 0 Å². The molecule has 0 unspecified atom stereocenters. The van der Waals surface area contributed by atoms with E-state index in [0.29, 0.717) is 54.4 Å². The molecule has 0 radical (unpaired) electrons. The van der Waals surface area contributed by atoms with Gasteiger partial charge in [0.05, 0.1) is 24.9 Å². The van der Waals surface area contributed by atoms with Crippen LogP contribution in [0.5, 0.6) is 5.75 Å². The number of imidazole rings is 1. The largest absolute Gasteiger partial charge is 0.505 e. The molecule has 210 valence electrons. The highest BCUT2D eigenvalue weighted by Gasteiger charge is 2.32.